The quantitative estimate of drug-likeness (QED) is 0.370. The van der Waals surface area contributed by atoms with Gasteiger partial charge in [0.15, 0.2) is 0 Å². The van der Waals surface area contributed by atoms with E-state index in [1.807, 2.05) is 6.08 Å². The standard InChI is InChI=1S/C27H23F2N5O3S/c28-21-2-6-23(7-3-21)34-25-14-20-10-13-33(38(35,36)24-8-4-22(29)5-9-24)17-27(20,15-19(25)16-32-34)18-37-26-30-11-1-12-31-26/h1-9,11-12,14,16H,10,13,15,17-18H2/t27-/m1/s1. The molecule has 2 aromatic carbocycles. The molecule has 0 bridgehead atoms. The highest BCUT2D eigenvalue weighted by Crippen LogP contribution is 2.45. The first kappa shape index (κ1) is 24.4. The van der Waals surface area contributed by atoms with Crippen LogP contribution in [0.1, 0.15) is 17.7 Å². The maximum absolute atomic E-state index is 13.5. The molecule has 1 atom stereocenters. The lowest BCUT2D eigenvalue weighted by atomic mass is 9.69. The SMILES string of the molecule is O=S(=O)(c1ccc(F)cc1)N1CCC2=Cc3c(cnn3-c3ccc(F)cc3)C[C@]2(COc2ncccn2)C1. The van der Waals surface area contributed by atoms with E-state index >= 15 is 0 Å². The number of piperidine rings is 1. The summed E-state index contributed by atoms with van der Waals surface area (Å²) in [6.07, 6.45) is 7.88. The minimum atomic E-state index is -3.87. The van der Waals surface area contributed by atoms with Crippen LogP contribution in [0.3, 0.4) is 0 Å². The van der Waals surface area contributed by atoms with Gasteiger partial charge in [0.2, 0.25) is 10.0 Å². The lowest BCUT2D eigenvalue weighted by Crippen LogP contribution is -2.52. The fourth-order valence-corrected chi connectivity index (χ4v) is 6.66. The van der Waals surface area contributed by atoms with Crippen LogP contribution in [0.2, 0.25) is 0 Å². The summed E-state index contributed by atoms with van der Waals surface area (Å²) in [5.41, 5.74) is 2.83. The molecule has 4 aromatic rings. The summed E-state index contributed by atoms with van der Waals surface area (Å²) in [6.45, 7) is 0.571. The van der Waals surface area contributed by atoms with Gasteiger partial charge in [-0.1, -0.05) is 5.57 Å². The first-order valence-electron chi connectivity index (χ1n) is 12.0. The highest BCUT2D eigenvalue weighted by atomic mass is 32.2. The number of rotatable bonds is 6. The first-order valence-corrected chi connectivity index (χ1v) is 13.5. The molecule has 0 unspecified atom stereocenters. The van der Waals surface area contributed by atoms with Crippen LogP contribution in [0.25, 0.3) is 11.8 Å². The third-order valence-corrected chi connectivity index (χ3v) is 8.92. The highest BCUT2D eigenvalue weighted by molar-refractivity contribution is 7.89. The van der Waals surface area contributed by atoms with E-state index in [9.17, 15) is 17.2 Å². The van der Waals surface area contributed by atoms with Crippen molar-refractivity contribution in [1.82, 2.24) is 24.1 Å². The Hall–Kier alpha value is -3.96. The summed E-state index contributed by atoms with van der Waals surface area (Å²) >= 11 is 0. The maximum Gasteiger partial charge on any atom is 0.316 e. The van der Waals surface area contributed by atoms with Gasteiger partial charge in [-0.3, -0.25) is 0 Å². The summed E-state index contributed by atoms with van der Waals surface area (Å²) in [5, 5.41) is 4.55. The number of halogens is 2. The van der Waals surface area contributed by atoms with Crippen molar-refractivity contribution in [2.24, 2.45) is 5.41 Å². The number of fused-ring (bicyclic) bond motifs is 2. The van der Waals surface area contributed by atoms with Crippen LogP contribution in [0.4, 0.5) is 8.78 Å². The molecule has 0 radical (unpaired) electrons. The molecule has 0 amide bonds. The van der Waals surface area contributed by atoms with Crippen molar-refractivity contribution < 1.29 is 21.9 Å². The number of hydrogen-bond acceptors (Lipinski definition) is 6. The van der Waals surface area contributed by atoms with E-state index in [0.29, 0.717) is 12.8 Å². The molecule has 6 rings (SSSR count). The number of nitrogens with zero attached hydrogens (tertiary/aromatic N) is 5. The van der Waals surface area contributed by atoms with Gasteiger partial charge in [-0.2, -0.15) is 9.40 Å². The Kier molecular flexibility index (Phi) is 6.04. The molecular formula is C27H23F2N5O3S. The molecule has 0 saturated carbocycles. The van der Waals surface area contributed by atoms with Gasteiger partial charge >= 0.3 is 6.01 Å². The topological polar surface area (TPSA) is 90.2 Å². The minimum Gasteiger partial charge on any atom is -0.462 e. The average Bonchev–Trinajstić information content (AvgIpc) is 3.33. The van der Waals surface area contributed by atoms with Gasteiger partial charge in [-0.15, -0.1) is 0 Å². The lowest BCUT2D eigenvalue weighted by Gasteiger charge is -2.45. The molecule has 194 valence electrons. The highest BCUT2D eigenvalue weighted by Gasteiger charge is 2.47. The summed E-state index contributed by atoms with van der Waals surface area (Å²) in [5.74, 6) is -0.833. The normalized spacial score (nSPS) is 19.4. The van der Waals surface area contributed by atoms with E-state index in [0.717, 1.165) is 34.7 Å². The fourth-order valence-electron chi connectivity index (χ4n) is 5.14. The van der Waals surface area contributed by atoms with Crippen molar-refractivity contribution in [1.29, 1.82) is 0 Å². The first-order chi connectivity index (χ1) is 18.3. The zero-order valence-corrected chi connectivity index (χ0v) is 21.0. The van der Waals surface area contributed by atoms with Gasteiger partial charge in [0.1, 0.15) is 18.2 Å². The van der Waals surface area contributed by atoms with E-state index in [4.69, 9.17) is 4.74 Å². The van der Waals surface area contributed by atoms with Crippen LogP contribution in [-0.4, -0.2) is 52.2 Å². The van der Waals surface area contributed by atoms with Crippen LogP contribution in [0, 0.1) is 17.0 Å². The molecule has 0 spiro atoms. The minimum absolute atomic E-state index is 0.0365. The summed E-state index contributed by atoms with van der Waals surface area (Å²) in [7, 11) is -3.87. The van der Waals surface area contributed by atoms with Crippen LogP contribution >= 0.6 is 0 Å². The van der Waals surface area contributed by atoms with Crippen LogP contribution in [0.5, 0.6) is 6.01 Å². The Morgan fingerprint density at radius 3 is 2.37 bits per heavy atom. The Morgan fingerprint density at radius 2 is 1.66 bits per heavy atom. The number of hydrogen-bond donors (Lipinski definition) is 0. The predicted octanol–water partition coefficient (Wildman–Crippen LogP) is 4.04. The smallest absolute Gasteiger partial charge is 0.316 e. The van der Waals surface area contributed by atoms with Gasteiger partial charge < -0.3 is 4.74 Å². The monoisotopic (exact) mass is 535 g/mol. The largest absolute Gasteiger partial charge is 0.462 e. The van der Waals surface area contributed by atoms with Crippen LogP contribution in [0.15, 0.2) is 83.7 Å². The zero-order chi connectivity index (χ0) is 26.3. The van der Waals surface area contributed by atoms with Gasteiger partial charge in [0, 0.05) is 30.9 Å². The fraction of sp³-hybridized carbons (Fsp3) is 0.222. The molecular weight excluding hydrogens is 512 g/mol. The molecule has 3 heterocycles. The summed E-state index contributed by atoms with van der Waals surface area (Å²) in [4.78, 5) is 8.33. The van der Waals surface area contributed by atoms with Crippen molar-refractivity contribution in [3.8, 4) is 11.7 Å². The number of sulfonamides is 1. The van der Waals surface area contributed by atoms with Crippen molar-refractivity contribution in [3.05, 3.63) is 102 Å². The number of aromatic nitrogens is 4. The molecule has 11 heteroatoms. The molecule has 0 N–H and O–H groups in total. The van der Waals surface area contributed by atoms with Gasteiger partial charge in [-0.05, 0) is 79.1 Å². The molecule has 2 aliphatic rings. The van der Waals surface area contributed by atoms with E-state index in [1.165, 1.54) is 28.6 Å². The van der Waals surface area contributed by atoms with Crippen molar-refractivity contribution in [3.63, 3.8) is 0 Å². The van der Waals surface area contributed by atoms with E-state index in [1.54, 1.807) is 41.5 Å². The van der Waals surface area contributed by atoms with Gasteiger partial charge in [0.05, 0.1) is 22.5 Å². The van der Waals surface area contributed by atoms with Crippen molar-refractivity contribution >= 4 is 16.1 Å². The molecule has 1 aliphatic carbocycles. The number of ether oxygens (including phenoxy) is 1. The average molecular weight is 536 g/mol. The Balaban J connectivity index is 1.37. The second-order valence-corrected chi connectivity index (χ2v) is 11.4. The third kappa shape index (κ3) is 4.37. The van der Waals surface area contributed by atoms with Crippen LogP contribution < -0.4 is 4.74 Å². The van der Waals surface area contributed by atoms with Crippen molar-refractivity contribution in [2.45, 2.75) is 17.7 Å². The van der Waals surface area contributed by atoms with Crippen molar-refractivity contribution in [2.75, 3.05) is 19.7 Å². The van der Waals surface area contributed by atoms with Crippen LogP contribution in [-0.2, 0) is 16.4 Å². The second kappa shape index (κ2) is 9.41. The summed E-state index contributed by atoms with van der Waals surface area (Å²) in [6, 6.07) is 12.8. The summed E-state index contributed by atoms with van der Waals surface area (Å²) < 4.78 is 63.2. The Labute approximate surface area is 218 Å². The molecule has 1 aliphatic heterocycles. The Morgan fingerprint density at radius 1 is 0.974 bits per heavy atom. The third-order valence-electron chi connectivity index (χ3n) is 7.06. The number of benzene rings is 2. The van der Waals surface area contributed by atoms with Gasteiger partial charge in [0.25, 0.3) is 0 Å². The predicted molar refractivity (Wildman–Crippen MR) is 135 cm³/mol. The lowest BCUT2D eigenvalue weighted by molar-refractivity contribution is 0.118. The van der Waals surface area contributed by atoms with Gasteiger partial charge in [-0.25, -0.2) is 31.8 Å². The maximum atomic E-state index is 13.5. The van der Waals surface area contributed by atoms with E-state index in [-0.39, 0.29) is 36.4 Å². The molecule has 2 aromatic heterocycles. The molecule has 1 saturated heterocycles. The molecule has 8 nitrogen and oxygen atoms in total. The molecule has 1 fully saturated rings. The second-order valence-electron chi connectivity index (χ2n) is 9.43. The Bertz CT molecular complexity index is 1610. The van der Waals surface area contributed by atoms with E-state index in [2.05, 4.69) is 15.1 Å². The zero-order valence-electron chi connectivity index (χ0n) is 20.2. The molecule has 38 heavy (non-hydrogen) atoms. The van der Waals surface area contributed by atoms with E-state index < -0.39 is 21.3 Å².